The SMILES string of the molecule is C=C/C=C(\C=C)OCC(C)O. The third kappa shape index (κ3) is 5.43. The average Bonchev–Trinajstić information content (AvgIpc) is 1.97. The van der Waals surface area contributed by atoms with E-state index in [4.69, 9.17) is 9.84 Å². The maximum atomic E-state index is 8.85. The topological polar surface area (TPSA) is 29.5 Å². The molecule has 62 valence electrons. The lowest BCUT2D eigenvalue weighted by molar-refractivity contribution is 0.0884. The van der Waals surface area contributed by atoms with Gasteiger partial charge in [-0.1, -0.05) is 19.2 Å². The highest BCUT2D eigenvalue weighted by Gasteiger charge is 1.95. The van der Waals surface area contributed by atoms with Crippen LogP contribution in [-0.4, -0.2) is 17.8 Å². The maximum Gasteiger partial charge on any atom is 0.118 e. The zero-order chi connectivity index (χ0) is 8.69. The summed E-state index contributed by atoms with van der Waals surface area (Å²) in [6.07, 6.45) is 4.42. The second-order valence-corrected chi connectivity index (χ2v) is 2.17. The van der Waals surface area contributed by atoms with Crippen LogP contribution >= 0.6 is 0 Å². The summed E-state index contributed by atoms with van der Waals surface area (Å²) in [5.41, 5.74) is 0. The van der Waals surface area contributed by atoms with Crippen molar-refractivity contribution in [2.75, 3.05) is 6.61 Å². The van der Waals surface area contributed by atoms with Gasteiger partial charge in [-0.25, -0.2) is 0 Å². The minimum absolute atomic E-state index is 0.283. The molecule has 0 amide bonds. The van der Waals surface area contributed by atoms with Crippen molar-refractivity contribution < 1.29 is 9.84 Å². The molecule has 0 aromatic heterocycles. The van der Waals surface area contributed by atoms with E-state index in [0.717, 1.165) is 0 Å². The molecule has 0 saturated heterocycles. The molecule has 0 fully saturated rings. The van der Waals surface area contributed by atoms with Crippen LogP contribution in [0.25, 0.3) is 0 Å². The summed E-state index contributed by atoms with van der Waals surface area (Å²) < 4.78 is 5.11. The first-order valence-corrected chi connectivity index (χ1v) is 3.46. The molecule has 0 bridgehead atoms. The third-order valence-corrected chi connectivity index (χ3v) is 0.975. The van der Waals surface area contributed by atoms with Gasteiger partial charge in [0.05, 0.1) is 6.10 Å². The van der Waals surface area contributed by atoms with Gasteiger partial charge in [-0.3, -0.25) is 0 Å². The van der Waals surface area contributed by atoms with Gasteiger partial charge in [0.2, 0.25) is 0 Å². The monoisotopic (exact) mass is 154 g/mol. The van der Waals surface area contributed by atoms with E-state index in [2.05, 4.69) is 13.2 Å². The van der Waals surface area contributed by atoms with Gasteiger partial charge in [0, 0.05) is 0 Å². The third-order valence-electron chi connectivity index (χ3n) is 0.975. The Bertz CT molecular complexity index is 157. The predicted molar refractivity (Wildman–Crippen MR) is 46.1 cm³/mol. The number of aliphatic hydroxyl groups excluding tert-OH is 1. The minimum atomic E-state index is -0.455. The van der Waals surface area contributed by atoms with Gasteiger partial charge < -0.3 is 9.84 Å². The van der Waals surface area contributed by atoms with E-state index >= 15 is 0 Å². The highest BCUT2D eigenvalue weighted by Crippen LogP contribution is 1.99. The van der Waals surface area contributed by atoms with Crippen molar-refractivity contribution in [3.05, 3.63) is 37.1 Å². The zero-order valence-electron chi connectivity index (χ0n) is 6.79. The molecule has 2 heteroatoms. The number of aliphatic hydroxyl groups is 1. The molecule has 0 aliphatic carbocycles. The van der Waals surface area contributed by atoms with Crippen molar-refractivity contribution in [3.8, 4) is 0 Å². The second-order valence-electron chi connectivity index (χ2n) is 2.17. The lowest BCUT2D eigenvalue weighted by atomic mass is 10.4. The maximum absolute atomic E-state index is 8.85. The van der Waals surface area contributed by atoms with Crippen LogP contribution < -0.4 is 0 Å². The molecule has 1 atom stereocenters. The van der Waals surface area contributed by atoms with E-state index in [1.807, 2.05) is 0 Å². The molecule has 0 radical (unpaired) electrons. The van der Waals surface area contributed by atoms with Gasteiger partial charge in [-0.15, -0.1) is 0 Å². The summed E-state index contributed by atoms with van der Waals surface area (Å²) >= 11 is 0. The highest BCUT2D eigenvalue weighted by atomic mass is 16.5. The Morgan fingerprint density at radius 1 is 1.64 bits per heavy atom. The molecule has 11 heavy (non-hydrogen) atoms. The fourth-order valence-electron chi connectivity index (χ4n) is 0.508. The molecule has 1 N–H and O–H groups in total. The summed E-state index contributed by atoms with van der Waals surface area (Å²) in [4.78, 5) is 0. The van der Waals surface area contributed by atoms with Gasteiger partial charge in [0.1, 0.15) is 12.4 Å². The lowest BCUT2D eigenvalue weighted by Crippen LogP contribution is -2.09. The normalized spacial score (nSPS) is 13.8. The van der Waals surface area contributed by atoms with Gasteiger partial charge in [-0.05, 0) is 19.1 Å². The smallest absolute Gasteiger partial charge is 0.118 e. The van der Waals surface area contributed by atoms with Crippen molar-refractivity contribution in [2.24, 2.45) is 0 Å². The van der Waals surface area contributed by atoms with Crippen LogP contribution in [0.1, 0.15) is 6.92 Å². The number of ether oxygens (including phenoxy) is 1. The summed E-state index contributed by atoms with van der Waals surface area (Å²) in [5.74, 6) is 0.626. The second kappa shape index (κ2) is 5.74. The minimum Gasteiger partial charge on any atom is -0.491 e. The fraction of sp³-hybridized carbons (Fsp3) is 0.333. The Morgan fingerprint density at radius 3 is 2.64 bits per heavy atom. The Labute approximate surface area is 67.5 Å². The van der Waals surface area contributed by atoms with Gasteiger partial charge >= 0.3 is 0 Å². The molecule has 0 saturated carbocycles. The van der Waals surface area contributed by atoms with Crippen molar-refractivity contribution in [3.63, 3.8) is 0 Å². The van der Waals surface area contributed by atoms with Crippen LogP contribution in [0, 0.1) is 0 Å². The van der Waals surface area contributed by atoms with Gasteiger partial charge in [0.25, 0.3) is 0 Å². The Balaban J connectivity index is 3.79. The molecule has 0 heterocycles. The van der Waals surface area contributed by atoms with E-state index < -0.39 is 6.10 Å². The molecule has 0 aliphatic heterocycles. The van der Waals surface area contributed by atoms with Crippen molar-refractivity contribution >= 4 is 0 Å². The van der Waals surface area contributed by atoms with Gasteiger partial charge in [-0.2, -0.15) is 0 Å². The van der Waals surface area contributed by atoms with Crippen LogP contribution in [0.3, 0.4) is 0 Å². The van der Waals surface area contributed by atoms with Crippen molar-refractivity contribution in [1.29, 1.82) is 0 Å². The van der Waals surface area contributed by atoms with Crippen LogP contribution in [-0.2, 0) is 4.74 Å². The molecule has 1 unspecified atom stereocenters. The quantitative estimate of drug-likeness (QED) is 0.482. The number of hydrogen-bond acceptors (Lipinski definition) is 2. The fourth-order valence-corrected chi connectivity index (χ4v) is 0.508. The van der Waals surface area contributed by atoms with Crippen LogP contribution in [0.4, 0.5) is 0 Å². The molecule has 0 aliphatic rings. The number of allylic oxidation sites excluding steroid dienone is 3. The standard InChI is InChI=1S/C9H14O2/c1-4-6-9(5-2)11-7-8(3)10/h4-6,8,10H,1-2,7H2,3H3/b9-6+. The molecule has 0 spiro atoms. The van der Waals surface area contributed by atoms with E-state index in [1.54, 1.807) is 25.2 Å². The average molecular weight is 154 g/mol. The molecule has 0 aromatic carbocycles. The van der Waals surface area contributed by atoms with Crippen LogP contribution in [0.5, 0.6) is 0 Å². The summed E-state index contributed by atoms with van der Waals surface area (Å²) in [5, 5.41) is 8.85. The summed E-state index contributed by atoms with van der Waals surface area (Å²) in [6, 6.07) is 0. The Kier molecular flexibility index (Phi) is 5.21. The first-order chi connectivity index (χ1) is 5.20. The van der Waals surface area contributed by atoms with Crippen LogP contribution in [0.2, 0.25) is 0 Å². The first kappa shape index (κ1) is 9.98. The van der Waals surface area contributed by atoms with Crippen molar-refractivity contribution in [1.82, 2.24) is 0 Å². The Hall–Kier alpha value is -1.02. The molecule has 0 aromatic rings. The first-order valence-electron chi connectivity index (χ1n) is 3.46. The molecule has 2 nitrogen and oxygen atoms in total. The Morgan fingerprint density at radius 2 is 2.27 bits per heavy atom. The van der Waals surface area contributed by atoms with E-state index in [0.29, 0.717) is 5.76 Å². The van der Waals surface area contributed by atoms with Crippen LogP contribution in [0.15, 0.2) is 37.1 Å². The highest BCUT2D eigenvalue weighted by molar-refractivity contribution is 5.14. The summed E-state index contributed by atoms with van der Waals surface area (Å²) in [6.45, 7) is 8.99. The number of hydrogen-bond donors (Lipinski definition) is 1. The lowest BCUT2D eigenvalue weighted by Gasteiger charge is -2.07. The zero-order valence-corrected chi connectivity index (χ0v) is 6.79. The molecule has 0 rings (SSSR count). The largest absolute Gasteiger partial charge is 0.491 e. The van der Waals surface area contributed by atoms with Crippen molar-refractivity contribution in [2.45, 2.75) is 13.0 Å². The van der Waals surface area contributed by atoms with E-state index in [1.165, 1.54) is 0 Å². The molecular formula is C9H14O2. The number of rotatable bonds is 5. The molecular weight excluding hydrogens is 140 g/mol. The van der Waals surface area contributed by atoms with E-state index in [-0.39, 0.29) is 6.61 Å². The van der Waals surface area contributed by atoms with E-state index in [9.17, 15) is 0 Å². The summed E-state index contributed by atoms with van der Waals surface area (Å²) in [7, 11) is 0. The van der Waals surface area contributed by atoms with Gasteiger partial charge in [0.15, 0.2) is 0 Å². The predicted octanol–water partition coefficient (Wildman–Crippen LogP) is 1.64.